The molecule has 142 valence electrons. The second-order valence-electron chi connectivity index (χ2n) is 6.10. The zero-order valence-corrected chi connectivity index (χ0v) is 15.6. The smallest absolute Gasteiger partial charge is 0.321 e. The zero-order chi connectivity index (χ0) is 19.3. The molecule has 1 aromatic heterocycles. The second kappa shape index (κ2) is 8.26. The lowest BCUT2D eigenvalue weighted by molar-refractivity contribution is 0.248. The van der Waals surface area contributed by atoms with Gasteiger partial charge in [-0.2, -0.15) is 0 Å². The van der Waals surface area contributed by atoms with Crippen LogP contribution in [0.3, 0.4) is 0 Å². The molecule has 8 heteroatoms. The van der Waals surface area contributed by atoms with Crippen molar-refractivity contribution in [3.05, 3.63) is 72.3 Å². The van der Waals surface area contributed by atoms with Crippen LogP contribution < -0.4 is 15.4 Å². The number of rotatable bonds is 4. The third kappa shape index (κ3) is 4.23. The molecule has 0 radical (unpaired) electrons. The fourth-order valence-corrected chi connectivity index (χ4v) is 4.05. The fraction of sp³-hybridized carbons (Fsp3) is 0.150. The molecule has 2 aromatic carbocycles. The van der Waals surface area contributed by atoms with E-state index in [4.69, 9.17) is 4.74 Å². The van der Waals surface area contributed by atoms with Crippen LogP contribution in [-0.4, -0.2) is 21.8 Å². The maximum atomic E-state index is 14.0. The molecule has 0 bridgehead atoms. The van der Waals surface area contributed by atoms with Gasteiger partial charge in [0.1, 0.15) is 11.6 Å². The number of anilines is 1. The summed E-state index contributed by atoms with van der Waals surface area (Å²) < 4.78 is 19.5. The number of carbonyl (C=O) groups excluding carboxylic acids is 1. The van der Waals surface area contributed by atoms with E-state index < -0.39 is 0 Å². The summed E-state index contributed by atoms with van der Waals surface area (Å²) in [5.41, 5.74) is 1.43. The van der Waals surface area contributed by atoms with Crippen molar-refractivity contribution in [1.29, 1.82) is 0 Å². The summed E-state index contributed by atoms with van der Waals surface area (Å²) in [6.45, 7) is 0. The van der Waals surface area contributed by atoms with Gasteiger partial charge in [0.2, 0.25) is 0 Å². The molecule has 28 heavy (non-hydrogen) atoms. The number of carbonyl (C=O) groups is 1. The monoisotopic (exact) mass is 396 g/mol. The first-order valence-corrected chi connectivity index (χ1v) is 9.71. The highest BCUT2D eigenvalue weighted by Crippen LogP contribution is 2.37. The summed E-state index contributed by atoms with van der Waals surface area (Å²) in [6, 6.07) is 13.2. The van der Waals surface area contributed by atoms with E-state index in [1.54, 1.807) is 48.8 Å². The largest absolute Gasteiger partial charge is 0.424 e. The van der Waals surface area contributed by atoms with Gasteiger partial charge in [-0.05, 0) is 48.4 Å². The van der Waals surface area contributed by atoms with Gasteiger partial charge in [0.05, 0.1) is 6.04 Å². The molecule has 1 unspecified atom stereocenters. The maximum Gasteiger partial charge on any atom is 0.321 e. The Morgan fingerprint density at radius 1 is 1.11 bits per heavy atom. The molecule has 0 saturated heterocycles. The van der Waals surface area contributed by atoms with Gasteiger partial charge in [-0.3, -0.25) is 0 Å². The number of aromatic nitrogens is 2. The van der Waals surface area contributed by atoms with Crippen molar-refractivity contribution in [3.8, 4) is 11.8 Å². The molecule has 0 fully saturated rings. The summed E-state index contributed by atoms with van der Waals surface area (Å²) in [7, 11) is 0. The lowest BCUT2D eigenvalue weighted by Crippen LogP contribution is -2.34. The second-order valence-corrected chi connectivity index (χ2v) is 7.21. The van der Waals surface area contributed by atoms with Crippen molar-refractivity contribution in [3.63, 3.8) is 0 Å². The highest BCUT2D eigenvalue weighted by atomic mass is 32.2. The van der Waals surface area contributed by atoms with Crippen molar-refractivity contribution in [2.24, 2.45) is 0 Å². The molecule has 0 aliphatic carbocycles. The quantitative estimate of drug-likeness (QED) is 0.665. The van der Waals surface area contributed by atoms with Crippen LogP contribution in [0, 0.1) is 5.82 Å². The Hall–Kier alpha value is -3.13. The lowest BCUT2D eigenvalue weighted by Gasteiger charge is -2.26. The van der Waals surface area contributed by atoms with Crippen LogP contribution in [0.15, 0.2) is 65.8 Å². The van der Waals surface area contributed by atoms with Crippen molar-refractivity contribution in [2.75, 3.05) is 11.1 Å². The highest BCUT2D eigenvalue weighted by molar-refractivity contribution is 7.99. The van der Waals surface area contributed by atoms with Crippen molar-refractivity contribution < 1.29 is 13.9 Å². The predicted octanol–water partition coefficient (Wildman–Crippen LogP) is 4.77. The first-order valence-electron chi connectivity index (χ1n) is 8.73. The number of benzene rings is 2. The molecule has 1 atom stereocenters. The van der Waals surface area contributed by atoms with E-state index in [1.807, 2.05) is 6.07 Å². The standard InChI is InChI=1S/C20H17FN4O2S/c21-16-4-1-3-15-17(9-12-28-18(15)16)25-19(26)24-13-5-7-14(8-6-13)27-20-22-10-2-11-23-20/h1-8,10-11,17H,9,12H2,(H2,24,25,26). The average Bonchev–Trinajstić information content (AvgIpc) is 2.71. The van der Waals surface area contributed by atoms with Crippen molar-refractivity contribution in [1.82, 2.24) is 15.3 Å². The first-order chi connectivity index (χ1) is 13.7. The van der Waals surface area contributed by atoms with E-state index in [0.29, 0.717) is 16.3 Å². The molecule has 4 rings (SSSR count). The Kier molecular flexibility index (Phi) is 5.38. The number of thioether (sulfide) groups is 1. The van der Waals surface area contributed by atoms with Crippen LogP contribution in [0.1, 0.15) is 18.0 Å². The maximum absolute atomic E-state index is 14.0. The summed E-state index contributed by atoms with van der Waals surface area (Å²) in [6.07, 6.45) is 3.94. The van der Waals surface area contributed by atoms with E-state index in [0.717, 1.165) is 17.7 Å². The average molecular weight is 396 g/mol. The molecular formula is C20H17FN4O2S. The fourth-order valence-electron chi connectivity index (χ4n) is 2.91. The number of nitrogens with one attached hydrogen (secondary N) is 2. The first kappa shape index (κ1) is 18.2. The van der Waals surface area contributed by atoms with Crippen LogP contribution in [-0.2, 0) is 0 Å². The number of hydrogen-bond donors (Lipinski definition) is 2. The van der Waals surface area contributed by atoms with Crippen LogP contribution in [0.5, 0.6) is 11.8 Å². The topological polar surface area (TPSA) is 76.1 Å². The van der Waals surface area contributed by atoms with Crippen molar-refractivity contribution >= 4 is 23.5 Å². The summed E-state index contributed by atoms with van der Waals surface area (Å²) in [4.78, 5) is 21.0. The van der Waals surface area contributed by atoms with Gasteiger partial charge in [-0.15, -0.1) is 11.8 Å². The van der Waals surface area contributed by atoms with Crippen LogP contribution >= 0.6 is 11.8 Å². The molecule has 3 aromatic rings. The number of urea groups is 1. The number of hydrogen-bond acceptors (Lipinski definition) is 5. The third-order valence-corrected chi connectivity index (χ3v) is 5.35. The Morgan fingerprint density at radius 2 is 1.89 bits per heavy atom. The van der Waals surface area contributed by atoms with Gasteiger partial charge in [0.25, 0.3) is 0 Å². The minimum absolute atomic E-state index is 0.218. The zero-order valence-electron chi connectivity index (χ0n) is 14.8. The molecule has 0 spiro atoms. The third-order valence-electron chi connectivity index (χ3n) is 4.19. The summed E-state index contributed by atoms with van der Waals surface area (Å²) in [5.74, 6) is 1.07. The van der Waals surface area contributed by atoms with Gasteiger partial charge >= 0.3 is 12.0 Å². The van der Waals surface area contributed by atoms with E-state index >= 15 is 0 Å². The van der Waals surface area contributed by atoms with E-state index in [1.165, 1.54) is 17.8 Å². The summed E-state index contributed by atoms with van der Waals surface area (Å²) >= 11 is 1.48. The Morgan fingerprint density at radius 3 is 2.68 bits per heavy atom. The van der Waals surface area contributed by atoms with E-state index in [9.17, 15) is 9.18 Å². The van der Waals surface area contributed by atoms with E-state index in [-0.39, 0.29) is 23.9 Å². The molecule has 1 aliphatic heterocycles. The number of halogens is 1. The van der Waals surface area contributed by atoms with Crippen LogP contribution in [0.25, 0.3) is 0 Å². The Balaban J connectivity index is 1.38. The molecule has 2 heterocycles. The number of amides is 2. The number of nitrogens with zero attached hydrogens (tertiary/aromatic N) is 2. The van der Waals surface area contributed by atoms with Gasteiger partial charge in [-0.1, -0.05) is 12.1 Å². The SMILES string of the molecule is O=C(Nc1ccc(Oc2ncccn2)cc1)NC1CCSc2c(F)cccc21. The number of ether oxygens (including phenoxy) is 1. The summed E-state index contributed by atoms with van der Waals surface area (Å²) in [5, 5.41) is 5.71. The molecule has 6 nitrogen and oxygen atoms in total. The molecule has 2 amide bonds. The Labute approximate surface area is 165 Å². The molecule has 1 aliphatic rings. The molecule has 0 saturated carbocycles. The van der Waals surface area contributed by atoms with Crippen LogP contribution in [0.2, 0.25) is 0 Å². The number of fused-ring (bicyclic) bond motifs is 1. The normalized spacial score (nSPS) is 15.4. The van der Waals surface area contributed by atoms with E-state index in [2.05, 4.69) is 20.6 Å². The predicted molar refractivity (Wildman–Crippen MR) is 105 cm³/mol. The van der Waals surface area contributed by atoms with Gasteiger partial charge in [0.15, 0.2) is 0 Å². The van der Waals surface area contributed by atoms with Gasteiger partial charge in [-0.25, -0.2) is 19.2 Å². The Bertz CT molecular complexity index is 970. The van der Waals surface area contributed by atoms with Crippen LogP contribution in [0.4, 0.5) is 14.9 Å². The molecule has 2 N–H and O–H groups in total. The van der Waals surface area contributed by atoms with Gasteiger partial charge in [0, 0.05) is 28.7 Å². The molecular weight excluding hydrogens is 379 g/mol. The van der Waals surface area contributed by atoms with Crippen molar-refractivity contribution in [2.45, 2.75) is 17.4 Å². The minimum atomic E-state index is -0.341. The minimum Gasteiger partial charge on any atom is -0.424 e. The highest BCUT2D eigenvalue weighted by Gasteiger charge is 2.24. The van der Waals surface area contributed by atoms with Gasteiger partial charge < -0.3 is 15.4 Å². The lowest BCUT2D eigenvalue weighted by atomic mass is 10.0.